The van der Waals surface area contributed by atoms with Crippen molar-refractivity contribution in [1.82, 2.24) is 4.31 Å². The molecule has 0 atom stereocenters. The first-order valence-corrected chi connectivity index (χ1v) is 8.74. The summed E-state index contributed by atoms with van der Waals surface area (Å²) >= 11 is 5.85. The van der Waals surface area contributed by atoms with Crippen LogP contribution in [0.15, 0.2) is 53.4 Å². The van der Waals surface area contributed by atoms with Crippen LogP contribution < -0.4 is 9.47 Å². The van der Waals surface area contributed by atoms with E-state index in [2.05, 4.69) is 0 Å². The minimum absolute atomic E-state index is 0.164. The Balaban J connectivity index is 1.94. The number of sulfonamides is 1. The summed E-state index contributed by atoms with van der Waals surface area (Å²) < 4.78 is 36.7. The van der Waals surface area contributed by atoms with Crippen molar-refractivity contribution in [2.75, 3.05) is 27.3 Å². The fourth-order valence-electron chi connectivity index (χ4n) is 1.89. The van der Waals surface area contributed by atoms with Gasteiger partial charge in [-0.15, -0.1) is 0 Å². The molecule has 23 heavy (non-hydrogen) atoms. The van der Waals surface area contributed by atoms with E-state index in [-0.39, 0.29) is 18.0 Å². The largest absolute Gasteiger partial charge is 0.497 e. The number of halogens is 1. The van der Waals surface area contributed by atoms with E-state index in [0.29, 0.717) is 10.8 Å². The van der Waals surface area contributed by atoms with Crippen molar-refractivity contribution in [3.05, 3.63) is 53.6 Å². The van der Waals surface area contributed by atoms with Crippen molar-refractivity contribution in [3.8, 4) is 11.5 Å². The maximum Gasteiger partial charge on any atom is 0.242 e. The topological polar surface area (TPSA) is 55.8 Å². The average molecular weight is 356 g/mol. The number of rotatable bonds is 7. The number of likely N-dealkylation sites (N-methyl/N-ethyl adjacent to an activating group) is 1. The zero-order valence-corrected chi connectivity index (χ0v) is 14.5. The van der Waals surface area contributed by atoms with E-state index in [4.69, 9.17) is 21.1 Å². The van der Waals surface area contributed by atoms with Crippen LogP contribution in [0.3, 0.4) is 0 Å². The molecule has 0 unspecified atom stereocenters. The molecule has 0 aliphatic rings. The predicted octanol–water partition coefficient (Wildman–Crippen LogP) is 3.05. The number of ether oxygens (including phenoxy) is 2. The summed E-state index contributed by atoms with van der Waals surface area (Å²) in [6.45, 7) is 0.462. The Labute approximate surface area is 141 Å². The minimum atomic E-state index is -3.58. The molecule has 7 heteroatoms. The van der Waals surface area contributed by atoms with Gasteiger partial charge in [0.1, 0.15) is 18.1 Å². The van der Waals surface area contributed by atoms with Crippen molar-refractivity contribution >= 4 is 21.6 Å². The van der Waals surface area contributed by atoms with Crippen molar-refractivity contribution in [1.29, 1.82) is 0 Å². The van der Waals surface area contributed by atoms with E-state index in [1.807, 2.05) is 0 Å². The van der Waals surface area contributed by atoms with Gasteiger partial charge in [0.25, 0.3) is 0 Å². The van der Waals surface area contributed by atoms with Crippen LogP contribution in [0, 0.1) is 0 Å². The SMILES string of the molecule is COc1ccc(OCCN(C)S(=O)(=O)c2cccc(Cl)c2)cc1. The van der Waals surface area contributed by atoms with E-state index in [1.165, 1.54) is 23.5 Å². The molecule has 0 aromatic heterocycles. The summed E-state index contributed by atoms with van der Waals surface area (Å²) in [5.41, 5.74) is 0. The van der Waals surface area contributed by atoms with Gasteiger partial charge in [-0.25, -0.2) is 8.42 Å². The second-order valence-corrected chi connectivity index (χ2v) is 7.29. The summed E-state index contributed by atoms with van der Waals surface area (Å²) in [7, 11) is -0.481. The highest BCUT2D eigenvalue weighted by Gasteiger charge is 2.20. The zero-order valence-electron chi connectivity index (χ0n) is 12.9. The van der Waals surface area contributed by atoms with Crippen molar-refractivity contribution < 1.29 is 17.9 Å². The molecule has 0 saturated carbocycles. The second-order valence-electron chi connectivity index (χ2n) is 4.81. The lowest BCUT2D eigenvalue weighted by atomic mass is 10.3. The maximum absolute atomic E-state index is 12.4. The van der Waals surface area contributed by atoms with Crippen LogP contribution in [0.4, 0.5) is 0 Å². The van der Waals surface area contributed by atoms with Gasteiger partial charge in [-0.3, -0.25) is 0 Å². The number of hydrogen-bond acceptors (Lipinski definition) is 4. The highest BCUT2D eigenvalue weighted by atomic mass is 35.5. The molecular formula is C16H18ClNO4S. The fourth-order valence-corrected chi connectivity index (χ4v) is 3.35. The summed E-state index contributed by atoms with van der Waals surface area (Å²) in [6, 6.07) is 13.3. The first-order valence-electron chi connectivity index (χ1n) is 6.92. The molecule has 5 nitrogen and oxygen atoms in total. The lowest BCUT2D eigenvalue weighted by Gasteiger charge is -2.17. The molecular weight excluding hydrogens is 338 g/mol. The number of benzene rings is 2. The summed E-state index contributed by atoms with van der Waals surface area (Å²) in [5.74, 6) is 1.39. The van der Waals surface area contributed by atoms with Crippen LogP contribution in [0.5, 0.6) is 11.5 Å². The molecule has 124 valence electrons. The Hall–Kier alpha value is -1.76. The highest BCUT2D eigenvalue weighted by molar-refractivity contribution is 7.89. The minimum Gasteiger partial charge on any atom is -0.497 e. The standard InChI is InChI=1S/C16H18ClNO4S/c1-18(23(19,20)16-5-3-4-13(17)12-16)10-11-22-15-8-6-14(21-2)7-9-15/h3-9,12H,10-11H2,1-2H3. The van der Waals surface area contributed by atoms with Gasteiger partial charge in [0.2, 0.25) is 10.0 Å². The third-order valence-electron chi connectivity index (χ3n) is 3.24. The second kappa shape index (κ2) is 7.68. The first-order chi connectivity index (χ1) is 10.9. The summed E-state index contributed by atoms with van der Waals surface area (Å²) in [4.78, 5) is 0.164. The van der Waals surface area contributed by atoms with Gasteiger partial charge >= 0.3 is 0 Å². The Kier molecular flexibility index (Phi) is 5.87. The molecule has 0 radical (unpaired) electrons. The molecule has 0 aliphatic heterocycles. The van der Waals surface area contributed by atoms with Crippen LogP contribution in [0.1, 0.15) is 0 Å². The van der Waals surface area contributed by atoms with E-state index < -0.39 is 10.0 Å². The lowest BCUT2D eigenvalue weighted by Crippen LogP contribution is -2.31. The molecule has 2 rings (SSSR count). The number of methoxy groups -OCH3 is 1. The average Bonchev–Trinajstić information content (AvgIpc) is 2.55. The van der Waals surface area contributed by atoms with Gasteiger partial charge in [0, 0.05) is 18.6 Å². The van der Waals surface area contributed by atoms with Crippen LogP contribution in [-0.2, 0) is 10.0 Å². The van der Waals surface area contributed by atoms with Crippen LogP contribution in [0.25, 0.3) is 0 Å². The Morgan fingerprint density at radius 2 is 1.74 bits per heavy atom. The monoisotopic (exact) mass is 355 g/mol. The summed E-state index contributed by atoms with van der Waals surface area (Å²) in [6.07, 6.45) is 0. The van der Waals surface area contributed by atoms with Gasteiger partial charge in [-0.1, -0.05) is 17.7 Å². The lowest BCUT2D eigenvalue weighted by molar-refractivity contribution is 0.286. The quantitative estimate of drug-likeness (QED) is 0.766. The van der Waals surface area contributed by atoms with Crippen LogP contribution >= 0.6 is 11.6 Å². The van der Waals surface area contributed by atoms with Gasteiger partial charge in [0.05, 0.1) is 12.0 Å². The molecule has 0 N–H and O–H groups in total. The van der Waals surface area contributed by atoms with Gasteiger partial charge in [0.15, 0.2) is 0 Å². The predicted molar refractivity (Wildman–Crippen MR) is 89.8 cm³/mol. The van der Waals surface area contributed by atoms with Crippen molar-refractivity contribution in [2.24, 2.45) is 0 Å². The molecule has 0 bridgehead atoms. The molecule has 0 fully saturated rings. The first kappa shape index (κ1) is 17.6. The zero-order chi connectivity index (χ0) is 16.9. The van der Waals surface area contributed by atoms with Gasteiger partial charge in [-0.05, 0) is 42.5 Å². The third-order valence-corrected chi connectivity index (χ3v) is 5.33. The van der Waals surface area contributed by atoms with Crippen LogP contribution in [-0.4, -0.2) is 40.0 Å². The molecule has 0 saturated heterocycles. The van der Waals surface area contributed by atoms with Crippen LogP contribution in [0.2, 0.25) is 5.02 Å². The Morgan fingerprint density at radius 3 is 2.35 bits per heavy atom. The summed E-state index contributed by atoms with van der Waals surface area (Å²) in [5, 5.41) is 0.383. The smallest absolute Gasteiger partial charge is 0.242 e. The van der Waals surface area contributed by atoms with Crippen molar-refractivity contribution in [2.45, 2.75) is 4.90 Å². The maximum atomic E-state index is 12.4. The van der Waals surface area contributed by atoms with E-state index >= 15 is 0 Å². The van der Waals surface area contributed by atoms with Crippen molar-refractivity contribution in [3.63, 3.8) is 0 Å². The molecule has 2 aromatic rings. The molecule has 0 spiro atoms. The van der Waals surface area contributed by atoms with Gasteiger partial charge in [-0.2, -0.15) is 4.31 Å². The normalized spacial score (nSPS) is 11.5. The Bertz CT molecular complexity index is 747. The highest BCUT2D eigenvalue weighted by Crippen LogP contribution is 2.19. The van der Waals surface area contributed by atoms with E-state index in [9.17, 15) is 8.42 Å². The Morgan fingerprint density at radius 1 is 1.09 bits per heavy atom. The number of hydrogen-bond donors (Lipinski definition) is 0. The van der Waals surface area contributed by atoms with E-state index in [1.54, 1.807) is 43.5 Å². The molecule has 0 heterocycles. The molecule has 0 aliphatic carbocycles. The van der Waals surface area contributed by atoms with E-state index in [0.717, 1.165) is 5.75 Å². The van der Waals surface area contributed by atoms with Gasteiger partial charge < -0.3 is 9.47 Å². The fraction of sp³-hybridized carbons (Fsp3) is 0.250. The molecule has 0 amide bonds. The molecule has 2 aromatic carbocycles. The third kappa shape index (κ3) is 4.60. The number of nitrogens with zero attached hydrogens (tertiary/aromatic N) is 1.